The number of ketones is 2. The van der Waals surface area contributed by atoms with E-state index in [-0.39, 0.29) is 11.6 Å². The zero-order valence-corrected chi connectivity index (χ0v) is 15.2. The van der Waals surface area contributed by atoms with Crippen LogP contribution in [0, 0.1) is 6.92 Å². The van der Waals surface area contributed by atoms with Gasteiger partial charge < -0.3 is 0 Å². The van der Waals surface area contributed by atoms with E-state index in [4.69, 9.17) is 0 Å². The van der Waals surface area contributed by atoms with Gasteiger partial charge >= 0.3 is 0 Å². The van der Waals surface area contributed by atoms with Crippen molar-refractivity contribution in [1.82, 2.24) is 0 Å². The Labute approximate surface area is 154 Å². The van der Waals surface area contributed by atoms with Crippen molar-refractivity contribution in [2.24, 2.45) is 0 Å². The minimum Gasteiger partial charge on any atom is -0.294 e. The maximum atomic E-state index is 12.6. The summed E-state index contributed by atoms with van der Waals surface area (Å²) < 4.78 is 0. The van der Waals surface area contributed by atoms with Gasteiger partial charge in [-0.25, -0.2) is 0 Å². The van der Waals surface area contributed by atoms with E-state index in [1.807, 2.05) is 31.2 Å². The zero-order chi connectivity index (χ0) is 18.5. The van der Waals surface area contributed by atoms with Crippen molar-refractivity contribution < 1.29 is 9.59 Å². The smallest absolute Gasteiger partial charge is 0.167 e. The highest BCUT2D eigenvalue weighted by molar-refractivity contribution is 6.02. The number of carbonyl (C=O) groups is 2. The average Bonchev–Trinajstić information content (AvgIpc) is 2.68. The first kappa shape index (κ1) is 17.8. The van der Waals surface area contributed by atoms with Crippen LogP contribution in [0.15, 0.2) is 72.8 Å². The van der Waals surface area contributed by atoms with E-state index in [0.29, 0.717) is 24.0 Å². The number of rotatable bonds is 6. The van der Waals surface area contributed by atoms with Crippen LogP contribution in [0.5, 0.6) is 0 Å². The molecule has 0 aliphatic carbocycles. The number of Topliss-reactive ketones (excluding diaryl/α,β-unsaturated/α-hetero) is 2. The molecule has 130 valence electrons. The molecule has 0 atom stereocenters. The average molecular weight is 342 g/mol. The molecule has 3 aromatic rings. The lowest BCUT2D eigenvalue weighted by atomic mass is 9.97. The molecule has 26 heavy (non-hydrogen) atoms. The van der Waals surface area contributed by atoms with Gasteiger partial charge in [-0.15, -0.1) is 0 Å². The Hall–Kier alpha value is -3.00. The summed E-state index contributed by atoms with van der Waals surface area (Å²) >= 11 is 0. The normalized spacial score (nSPS) is 10.5. The lowest BCUT2D eigenvalue weighted by Crippen LogP contribution is -2.05. The molecule has 0 aliphatic heterocycles. The van der Waals surface area contributed by atoms with Crippen LogP contribution in [-0.4, -0.2) is 11.6 Å². The lowest BCUT2D eigenvalue weighted by Gasteiger charge is -2.06. The lowest BCUT2D eigenvalue weighted by molar-refractivity contribution is 0.0988. The van der Waals surface area contributed by atoms with Gasteiger partial charge in [-0.1, -0.05) is 79.2 Å². The van der Waals surface area contributed by atoms with E-state index in [9.17, 15) is 9.59 Å². The quantitative estimate of drug-likeness (QED) is 0.540. The first-order valence-electron chi connectivity index (χ1n) is 8.89. The molecule has 0 radical (unpaired) electrons. The zero-order valence-electron chi connectivity index (χ0n) is 15.2. The summed E-state index contributed by atoms with van der Waals surface area (Å²) in [4.78, 5) is 24.4. The number of hydrogen-bond donors (Lipinski definition) is 0. The fraction of sp³-hybridized carbons (Fsp3) is 0.167. The standard InChI is InChI=1S/C24H22O2/c1-3-23(25)21-5-4-6-22(16-21)24(26)15-18-9-13-20(14-10-18)19-11-7-17(2)8-12-19/h4-14,16H,3,15H2,1-2H3. The van der Waals surface area contributed by atoms with Crippen molar-refractivity contribution >= 4 is 11.6 Å². The molecule has 2 heteroatoms. The molecule has 0 amide bonds. The van der Waals surface area contributed by atoms with Crippen LogP contribution >= 0.6 is 0 Å². The predicted octanol–water partition coefficient (Wildman–Crippen LogP) is 5.68. The second kappa shape index (κ2) is 7.92. The van der Waals surface area contributed by atoms with Crippen LogP contribution < -0.4 is 0 Å². The maximum absolute atomic E-state index is 12.6. The molecule has 0 unspecified atom stereocenters. The second-order valence-electron chi connectivity index (χ2n) is 6.52. The molecule has 0 aliphatic rings. The van der Waals surface area contributed by atoms with E-state index in [1.54, 1.807) is 24.3 Å². The highest BCUT2D eigenvalue weighted by atomic mass is 16.1. The highest BCUT2D eigenvalue weighted by Gasteiger charge is 2.10. The van der Waals surface area contributed by atoms with Crippen molar-refractivity contribution in [3.8, 4) is 11.1 Å². The van der Waals surface area contributed by atoms with E-state index in [0.717, 1.165) is 11.1 Å². The highest BCUT2D eigenvalue weighted by Crippen LogP contribution is 2.21. The molecular weight excluding hydrogens is 320 g/mol. The molecule has 0 bridgehead atoms. The first-order valence-corrected chi connectivity index (χ1v) is 8.89. The van der Waals surface area contributed by atoms with Gasteiger partial charge in [-0.2, -0.15) is 0 Å². The maximum Gasteiger partial charge on any atom is 0.167 e. The Balaban J connectivity index is 1.74. The molecule has 0 N–H and O–H groups in total. The minimum atomic E-state index is 0.0267. The van der Waals surface area contributed by atoms with E-state index < -0.39 is 0 Å². The summed E-state index contributed by atoms with van der Waals surface area (Å²) in [7, 11) is 0. The summed E-state index contributed by atoms with van der Waals surface area (Å²) in [6.45, 7) is 3.90. The summed E-state index contributed by atoms with van der Waals surface area (Å²) in [6.07, 6.45) is 0.774. The Kier molecular flexibility index (Phi) is 5.43. The molecule has 0 saturated carbocycles. The third kappa shape index (κ3) is 4.15. The number of benzene rings is 3. The van der Waals surface area contributed by atoms with Crippen LogP contribution in [0.1, 0.15) is 45.2 Å². The Morgan fingerprint density at radius 2 is 1.27 bits per heavy atom. The summed E-state index contributed by atoms with van der Waals surface area (Å²) in [5, 5.41) is 0. The molecule has 3 rings (SSSR count). The molecular formula is C24H22O2. The minimum absolute atomic E-state index is 0.0267. The molecule has 0 saturated heterocycles. The van der Waals surface area contributed by atoms with E-state index in [2.05, 4.69) is 31.2 Å². The van der Waals surface area contributed by atoms with Crippen molar-refractivity contribution in [3.63, 3.8) is 0 Å². The third-order valence-electron chi connectivity index (χ3n) is 4.53. The molecule has 0 fully saturated rings. The molecule has 2 nitrogen and oxygen atoms in total. The van der Waals surface area contributed by atoms with Crippen LogP contribution in [0.25, 0.3) is 11.1 Å². The predicted molar refractivity (Wildman–Crippen MR) is 106 cm³/mol. The summed E-state index contributed by atoms with van der Waals surface area (Å²) in [6, 6.07) is 23.5. The number of carbonyl (C=O) groups excluding carboxylic acids is 2. The first-order chi connectivity index (χ1) is 12.6. The fourth-order valence-electron chi connectivity index (χ4n) is 2.92. The SMILES string of the molecule is CCC(=O)c1cccc(C(=O)Cc2ccc(-c3ccc(C)cc3)cc2)c1. The van der Waals surface area contributed by atoms with Gasteiger partial charge in [0.1, 0.15) is 0 Å². The van der Waals surface area contributed by atoms with Crippen molar-refractivity contribution in [2.75, 3.05) is 0 Å². The van der Waals surface area contributed by atoms with Crippen molar-refractivity contribution in [2.45, 2.75) is 26.7 Å². The fourth-order valence-corrected chi connectivity index (χ4v) is 2.92. The van der Waals surface area contributed by atoms with Crippen molar-refractivity contribution in [3.05, 3.63) is 95.1 Å². The molecule has 3 aromatic carbocycles. The van der Waals surface area contributed by atoms with Crippen LogP contribution in [0.2, 0.25) is 0 Å². The summed E-state index contributed by atoms with van der Waals surface area (Å²) in [5.74, 6) is 0.0842. The van der Waals surface area contributed by atoms with Gasteiger partial charge in [-0.05, 0) is 29.7 Å². The second-order valence-corrected chi connectivity index (χ2v) is 6.52. The van der Waals surface area contributed by atoms with Crippen LogP contribution in [0.4, 0.5) is 0 Å². The van der Waals surface area contributed by atoms with E-state index in [1.165, 1.54) is 11.1 Å². The van der Waals surface area contributed by atoms with Gasteiger partial charge in [0.25, 0.3) is 0 Å². The van der Waals surface area contributed by atoms with Gasteiger partial charge in [0.15, 0.2) is 11.6 Å². The van der Waals surface area contributed by atoms with E-state index >= 15 is 0 Å². The molecule has 0 heterocycles. The van der Waals surface area contributed by atoms with Gasteiger partial charge in [-0.3, -0.25) is 9.59 Å². The van der Waals surface area contributed by atoms with Crippen LogP contribution in [0.3, 0.4) is 0 Å². The van der Waals surface area contributed by atoms with Gasteiger partial charge in [0.2, 0.25) is 0 Å². The third-order valence-corrected chi connectivity index (χ3v) is 4.53. The Morgan fingerprint density at radius 1 is 0.731 bits per heavy atom. The van der Waals surface area contributed by atoms with Gasteiger partial charge in [0.05, 0.1) is 0 Å². The number of hydrogen-bond acceptors (Lipinski definition) is 2. The topological polar surface area (TPSA) is 34.1 Å². The number of aryl methyl sites for hydroxylation is 1. The Bertz CT molecular complexity index is 919. The molecule has 0 spiro atoms. The van der Waals surface area contributed by atoms with Gasteiger partial charge in [0, 0.05) is 24.0 Å². The largest absolute Gasteiger partial charge is 0.294 e. The Morgan fingerprint density at radius 3 is 1.85 bits per heavy atom. The monoisotopic (exact) mass is 342 g/mol. The molecule has 0 aromatic heterocycles. The van der Waals surface area contributed by atoms with Crippen LogP contribution in [-0.2, 0) is 6.42 Å². The van der Waals surface area contributed by atoms with Crippen molar-refractivity contribution in [1.29, 1.82) is 0 Å². The summed E-state index contributed by atoms with van der Waals surface area (Å²) in [5.41, 5.74) is 5.70.